The van der Waals surface area contributed by atoms with Gasteiger partial charge in [0.25, 0.3) is 0 Å². The van der Waals surface area contributed by atoms with Crippen molar-refractivity contribution in [2.45, 2.75) is 72.6 Å². The Balaban J connectivity index is 2.36. The minimum atomic E-state index is 0.616. The fraction of sp³-hybridized carbons (Fsp3) is 1.00. The molecule has 1 saturated carbocycles. The Morgan fingerprint density at radius 3 is 2.43 bits per heavy atom. The first-order valence-electron chi connectivity index (χ1n) is 6.56. The molecule has 0 radical (unpaired) electrons. The van der Waals surface area contributed by atoms with Gasteiger partial charge in [0.1, 0.15) is 0 Å². The molecule has 0 heterocycles. The van der Waals surface area contributed by atoms with Crippen molar-refractivity contribution in [1.82, 2.24) is 0 Å². The van der Waals surface area contributed by atoms with Crippen molar-refractivity contribution in [3.63, 3.8) is 0 Å². The van der Waals surface area contributed by atoms with Crippen LogP contribution >= 0.6 is 0 Å². The van der Waals surface area contributed by atoms with Crippen molar-refractivity contribution in [3.8, 4) is 0 Å². The molecule has 0 N–H and O–H groups in total. The third-order valence-corrected chi connectivity index (χ3v) is 4.14. The standard InChI is InChI=1S/C14H28/c1-5-6-7-8-13-10-9-12(2)11-14(13,3)4/h12-13H,5-11H2,1-4H3. The monoisotopic (exact) mass is 196 g/mol. The van der Waals surface area contributed by atoms with Crippen LogP contribution < -0.4 is 0 Å². The molecule has 84 valence electrons. The van der Waals surface area contributed by atoms with E-state index < -0.39 is 0 Å². The van der Waals surface area contributed by atoms with E-state index in [1.807, 2.05) is 0 Å². The van der Waals surface area contributed by atoms with Crippen LogP contribution in [-0.4, -0.2) is 0 Å². The Morgan fingerprint density at radius 2 is 1.86 bits per heavy atom. The fourth-order valence-electron chi connectivity index (χ4n) is 3.22. The molecule has 0 spiro atoms. The van der Waals surface area contributed by atoms with E-state index in [4.69, 9.17) is 0 Å². The Bertz CT molecular complexity index is 157. The summed E-state index contributed by atoms with van der Waals surface area (Å²) >= 11 is 0. The Labute approximate surface area is 90.5 Å². The lowest BCUT2D eigenvalue weighted by Crippen LogP contribution is -2.31. The summed E-state index contributed by atoms with van der Waals surface area (Å²) in [6.45, 7) is 9.69. The molecule has 14 heavy (non-hydrogen) atoms. The minimum Gasteiger partial charge on any atom is -0.0654 e. The lowest BCUT2D eigenvalue weighted by molar-refractivity contribution is 0.0924. The second-order valence-electron chi connectivity index (χ2n) is 6.07. The van der Waals surface area contributed by atoms with Gasteiger partial charge in [-0.05, 0) is 36.5 Å². The van der Waals surface area contributed by atoms with E-state index in [1.165, 1.54) is 44.9 Å². The van der Waals surface area contributed by atoms with Crippen LogP contribution in [0.5, 0.6) is 0 Å². The van der Waals surface area contributed by atoms with Crippen LogP contribution in [0.15, 0.2) is 0 Å². The van der Waals surface area contributed by atoms with Gasteiger partial charge in [0.15, 0.2) is 0 Å². The maximum Gasteiger partial charge on any atom is -0.0323 e. The van der Waals surface area contributed by atoms with Crippen LogP contribution in [-0.2, 0) is 0 Å². The van der Waals surface area contributed by atoms with Crippen molar-refractivity contribution >= 4 is 0 Å². The normalized spacial score (nSPS) is 31.7. The van der Waals surface area contributed by atoms with Crippen LogP contribution in [0, 0.1) is 17.3 Å². The molecule has 0 aromatic carbocycles. The van der Waals surface area contributed by atoms with Crippen LogP contribution in [0.1, 0.15) is 72.6 Å². The Hall–Kier alpha value is 0. The summed E-state index contributed by atoms with van der Waals surface area (Å²) < 4.78 is 0. The van der Waals surface area contributed by atoms with Crippen LogP contribution in [0.4, 0.5) is 0 Å². The molecule has 0 heteroatoms. The Morgan fingerprint density at radius 1 is 1.14 bits per heavy atom. The van der Waals surface area contributed by atoms with Gasteiger partial charge in [-0.25, -0.2) is 0 Å². The SMILES string of the molecule is CCCCCC1CCC(C)CC1(C)C. The van der Waals surface area contributed by atoms with E-state index in [0.717, 1.165) is 11.8 Å². The predicted octanol–water partition coefficient (Wildman–Crippen LogP) is 5.03. The quantitative estimate of drug-likeness (QED) is 0.553. The largest absolute Gasteiger partial charge is 0.0654 e. The highest BCUT2D eigenvalue weighted by molar-refractivity contribution is 4.85. The summed E-state index contributed by atoms with van der Waals surface area (Å²) in [5.74, 6) is 1.97. The average molecular weight is 196 g/mol. The highest BCUT2D eigenvalue weighted by atomic mass is 14.4. The van der Waals surface area contributed by atoms with E-state index in [9.17, 15) is 0 Å². The fourth-order valence-corrected chi connectivity index (χ4v) is 3.22. The molecule has 2 atom stereocenters. The van der Waals surface area contributed by atoms with Crippen LogP contribution in [0.25, 0.3) is 0 Å². The van der Waals surface area contributed by atoms with E-state index >= 15 is 0 Å². The van der Waals surface area contributed by atoms with Gasteiger partial charge in [0, 0.05) is 0 Å². The van der Waals surface area contributed by atoms with Gasteiger partial charge in [0.05, 0.1) is 0 Å². The zero-order valence-corrected chi connectivity index (χ0v) is 10.6. The first-order valence-corrected chi connectivity index (χ1v) is 6.56. The van der Waals surface area contributed by atoms with Gasteiger partial charge in [0.2, 0.25) is 0 Å². The molecular formula is C14H28. The summed E-state index contributed by atoms with van der Waals surface area (Å²) in [5, 5.41) is 0. The van der Waals surface area contributed by atoms with Gasteiger partial charge >= 0.3 is 0 Å². The summed E-state index contributed by atoms with van der Waals surface area (Å²) in [5.41, 5.74) is 0.616. The van der Waals surface area contributed by atoms with E-state index in [0.29, 0.717) is 5.41 Å². The summed E-state index contributed by atoms with van der Waals surface area (Å²) in [7, 11) is 0. The number of unbranched alkanes of at least 4 members (excludes halogenated alkanes) is 2. The molecule has 1 aliphatic rings. The lowest BCUT2D eigenvalue weighted by atomic mass is 9.64. The van der Waals surface area contributed by atoms with Crippen molar-refractivity contribution in [3.05, 3.63) is 0 Å². The third kappa shape index (κ3) is 3.29. The smallest absolute Gasteiger partial charge is 0.0323 e. The molecular weight excluding hydrogens is 168 g/mol. The average Bonchev–Trinajstić information content (AvgIpc) is 2.08. The minimum absolute atomic E-state index is 0.616. The van der Waals surface area contributed by atoms with Gasteiger partial charge in [-0.1, -0.05) is 53.4 Å². The van der Waals surface area contributed by atoms with E-state index in [-0.39, 0.29) is 0 Å². The molecule has 0 nitrogen and oxygen atoms in total. The van der Waals surface area contributed by atoms with Gasteiger partial charge < -0.3 is 0 Å². The third-order valence-electron chi connectivity index (χ3n) is 4.14. The summed E-state index contributed by atoms with van der Waals surface area (Å²) in [6.07, 6.45) is 10.1. The van der Waals surface area contributed by atoms with Gasteiger partial charge in [-0.2, -0.15) is 0 Å². The van der Waals surface area contributed by atoms with E-state index in [2.05, 4.69) is 27.7 Å². The van der Waals surface area contributed by atoms with Crippen molar-refractivity contribution in [2.24, 2.45) is 17.3 Å². The molecule has 1 fully saturated rings. The van der Waals surface area contributed by atoms with Crippen LogP contribution in [0.3, 0.4) is 0 Å². The highest BCUT2D eigenvalue weighted by Crippen LogP contribution is 2.45. The Kier molecular flexibility index (Phi) is 4.47. The highest BCUT2D eigenvalue weighted by Gasteiger charge is 2.34. The number of hydrogen-bond acceptors (Lipinski definition) is 0. The summed E-state index contributed by atoms with van der Waals surface area (Å²) in [4.78, 5) is 0. The second kappa shape index (κ2) is 5.19. The van der Waals surface area contributed by atoms with Crippen LogP contribution in [0.2, 0.25) is 0 Å². The van der Waals surface area contributed by atoms with Gasteiger partial charge in [-0.15, -0.1) is 0 Å². The first-order chi connectivity index (χ1) is 6.56. The molecule has 0 amide bonds. The molecule has 0 bridgehead atoms. The van der Waals surface area contributed by atoms with Crippen molar-refractivity contribution < 1.29 is 0 Å². The molecule has 0 saturated heterocycles. The zero-order valence-electron chi connectivity index (χ0n) is 10.6. The number of hydrogen-bond donors (Lipinski definition) is 0. The summed E-state index contributed by atoms with van der Waals surface area (Å²) in [6, 6.07) is 0. The molecule has 0 aromatic heterocycles. The molecule has 0 aliphatic heterocycles. The number of rotatable bonds is 4. The maximum absolute atomic E-state index is 2.49. The zero-order chi connectivity index (χ0) is 10.6. The molecule has 1 aliphatic carbocycles. The molecule has 2 unspecified atom stereocenters. The second-order valence-corrected chi connectivity index (χ2v) is 6.07. The van der Waals surface area contributed by atoms with Gasteiger partial charge in [-0.3, -0.25) is 0 Å². The molecule has 1 rings (SSSR count). The van der Waals surface area contributed by atoms with Crippen molar-refractivity contribution in [2.75, 3.05) is 0 Å². The first kappa shape index (κ1) is 12.1. The maximum atomic E-state index is 2.49. The van der Waals surface area contributed by atoms with E-state index in [1.54, 1.807) is 0 Å². The topological polar surface area (TPSA) is 0 Å². The lowest BCUT2D eigenvalue weighted by Gasteiger charge is -2.41. The molecule has 0 aromatic rings. The van der Waals surface area contributed by atoms with Crippen molar-refractivity contribution in [1.29, 1.82) is 0 Å². The predicted molar refractivity (Wildman–Crippen MR) is 64.4 cm³/mol.